The number of rotatable bonds is 1. The van der Waals surface area contributed by atoms with Crippen molar-refractivity contribution in [3.8, 4) is 0 Å². The van der Waals surface area contributed by atoms with Gasteiger partial charge in [0.05, 0.1) is 5.55 Å². The second-order valence-corrected chi connectivity index (χ2v) is 4.66. The minimum atomic E-state index is 0.625. The average Bonchev–Trinajstić information content (AvgIpc) is 2.14. The van der Waals surface area contributed by atoms with Crippen LogP contribution >= 0.6 is 35.5 Å². The van der Waals surface area contributed by atoms with Crippen molar-refractivity contribution in [2.45, 2.75) is 3.91 Å². The predicted molar refractivity (Wildman–Crippen MR) is 41.0 cm³/mol. The Bertz CT molecular complexity index is 74.2. The molecule has 0 aliphatic carbocycles. The van der Waals surface area contributed by atoms with Crippen LogP contribution in [-0.2, 0) is 0 Å². The lowest BCUT2D eigenvalue weighted by Crippen LogP contribution is -1.77. The van der Waals surface area contributed by atoms with Crippen molar-refractivity contribution < 1.29 is 0 Å². The van der Waals surface area contributed by atoms with Crippen molar-refractivity contribution in [2.75, 3.05) is 6.26 Å². The van der Waals surface area contributed by atoms with E-state index >= 15 is 0 Å². The summed E-state index contributed by atoms with van der Waals surface area (Å²) in [6.45, 7) is 0. The van der Waals surface area contributed by atoms with E-state index in [9.17, 15) is 0 Å². The Morgan fingerprint density at radius 2 is 2.71 bits per heavy atom. The van der Waals surface area contributed by atoms with Crippen LogP contribution in [0.1, 0.15) is 0 Å². The number of nitrogens with zero attached hydrogens (tertiary/aromatic N) is 1. The number of thioether (sulfide) groups is 2. The Hall–Kier alpha value is 0.720. The summed E-state index contributed by atoms with van der Waals surface area (Å²) in [7, 11) is 0. The first-order chi connectivity index (χ1) is 3.43. The molecule has 1 rings (SSSR count). The van der Waals surface area contributed by atoms with E-state index in [1.807, 2.05) is 17.3 Å². The summed E-state index contributed by atoms with van der Waals surface area (Å²) in [5.74, 6) is 0. The molecule has 0 spiro atoms. The van der Waals surface area contributed by atoms with Crippen LogP contribution in [0.2, 0.25) is 0 Å². The summed E-state index contributed by atoms with van der Waals surface area (Å²) in [6, 6.07) is 0. The summed E-state index contributed by atoms with van der Waals surface area (Å²) in [5.41, 5.74) is 1.89. The molecule has 0 amide bonds. The van der Waals surface area contributed by atoms with E-state index < -0.39 is 0 Å². The van der Waals surface area contributed by atoms with Crippen molar-refractivity contribution in [3.63, 3.8) is 0 Å². The molecule has 1 nitrogen and oxygen atoms in total. The first-order valence-corrected chi connectivity index (χ1v) is 4.86. The van der Waals surface area contributed by atoms with Gasteiger partial charge in [0.15, 0.2) is 0 Å². The Morgan fingerprint density at radius 3 is 3.00 bits per heavy atom. The highest BCUT2D eigenvalue weighted by atomic mass is 32.3. The van der Waals surface area contributed by atoms with Crippen LogP contribution in [0, 0.1) is 0 Å². The highest BCUT2D eigenvalue weighted by molar-refractivity contribution is 8.38. The van der Waals surface area contributed by atoms with Crippen molar-refractivity contribution in [1.82, 2.24) is 0 Å². The van der Waals surface area contributed by atoms with Crippen LogP contribution in [0.3, 0.4) is 0 Å². The standard InChI is InChI=1S/C3H5NS3/c1-5-3-6-2-4-7-3/h2-3H,1H3. The minimum Gasteiger partial charge on any atom is -0.216 e. The van der Waals surface area contributed by atoms with Crippen LogP contribution in [0.4, 0.5) is 0 Å². The Labute approximate surface area is 55.9 Å². The summed E-state index contributed by atoms with van der Waals surface area (Å²) in [6.07, 6.45) is 2.10. The molecule has 0 aromatic heterocycles. The zero-order chi connectivity index (χ0) is 5.11. The molecule has 7 heavy (non-hydrogen) atoms. The highest BCUT2D eigenvalue weighted by Crippen LogP contribution is 2.36. The topological polar surface area (TPSA) is 12.4 Å². The van der Waals surface area contributed by atoms with Gasteiger partial charge in [-0.05, 0) is 6.26 Å². The van der Waals surface area contributed by atoms with Crippen molar-refractivity contribution in [1.29, 1.82) is 0 Å². The minimum absolute atomic E-state index is 0.625. The van der Waals surface area contributed by atoms with Gasteiger partial charge in [-0.25, -0.2) is 4.40 Å². The van der Waals surface area contributed by atoms with E-state index in [0.29, 0.717) is 3.91 Å². The van der Waals surface area contributed by atoms with E-state index in [-0.39, 0.29) is 0 Å². The third-order valence-electron chi connectivity index (χ3n) is 0.554. The van der Waals surface area contributed by atoms with Gasteiger partial charge in [-0.2, -0.15) is 0 Å². The molecule has 1 aliphatic heterocycles. The molecular weight excluding hydrogens is 146 g/mol. The number of hydrogen-bond acceptors (Lipinski definition) is 4. The summed E-state index contributed by atoms with van der Waals surface area (Å²) in [5, 5.41) is 0. The first-order valence-electron chi connectivity index (χ1n) is 1.79. The molecule has 1 unspecified atom stereocenters. The quantitative estimate of drug-likeness (QED) is 0.532. The van der Waals surface area contributed by atoms with Crippen LogP contribution < -0.4 is 0 Å². The molecule has 1 aliphatic rings. The fraction of sp³-hybridized carbons (Fsp3) is 0.667. The van der Waals surface area contributed by atoms with Crippen molar-refractivity contribution >= 4 is 41.0 Å². The molecule has 0 aromatic carbocycles. The van der Waals surface area contributed by atoms with Gasteiger partial charge in [0.25, 0.3) is 0 Å². The maximum absolute atomic E-state index is 3.97. The lowest BCUT2D eigenvalue weighted by atomic mass is 11.7. The molecule has 0 fully saturated rings. The average molecular weight is 151 g/mol. The summed E-state index contributed by atoms with van der Waals surface area (Å²) >= 11 is 5.25. The summed E-state index contributed by atoms with van der Waals surface area (Å²) < 4.78 is 4.59. The smallest absolute Gasteiger partial charge is 0.123 e. The van der Waals surface area contributed by atoms with Gasteiger partial charge >= 0.3 is 0 Å². The first kappa shape index (κ1) is 5.85. The second kappa shape index (κ2) is 2.89. The van der Waals surface area contributed by atoms with Gasteiger partial charge in [0.2, 0.25) is 0 Å². The fourth-order valence-corrected chi connectivity index (χ4v) is 2.45. The van der Waals surface area contributed by atoms with Crippen LogP contribution in [0.15, 0.2) is 4.40 Å². The van der Waals surface area contributed by atoms with Crippen molar-refractivity contribution in [2.24, 2.45) is 4.40 Å². The van der Waals surface area contributed by atoms with E-state index in [1.54, 1.807) is 23.7 Å². The van der Waals surface area contributed by atoms with Gasteiger partial charge in [-0.15, -0.1) is 11.8 Å². The predicted octanol–water partition coefficient (Wildman–Crippen LogP) is 2.06. The van der Waals surface area contributed by atoms with E-state index in [4.69, 9.17) is 0 Å². The molecule has 1 heterocycles. The lowest BCUT2D eigenvalue weighted by Gasteiger charge is -1.96. The Kier molecular flexibility index (Phi) is 2.42. The molecule has 40 valence electrons. The molecule has 0 N–H and O–H groups in total. The van der Waals surface area contributed by atoms with Crippen molar-refractivity contribution in [3.05, 3.63) is 0 Å². The van der Waals surface area contributed by atoms with E-state index in [0.717, 1.165) is 0 Å². The molecule has 1 atom stereocenters. The molecule has 0 saturated carbocycles. The van der Waals surface area contributed by atoms with Crippen LogP contribution in [0.5, 0.6) is 0 Å². The molecule has 0 radical (unpaired) electrons. The van der Waals surface area contributed by atoms with Crippen LogP contribution in [-0.4, -0.2) is 15.7 Å². The van der Waals surface area contributed by atoms with Gasteiger partial charge in [0.1, 0.15) is 3.91 Å². The maximum atomic E-state index is 3.97. The van der Waals surface area contributed by atoms with Crippen LogP contribution in [0.25, 0.3) is 0 Å². The zero-order valence-electron chi connectivity index (χ0n) is 3.83. The second-order valence-electron chi connectivity index (χ2n) is 0.977. The van der Waals surface area contributed by atoms with E-state index in [1.165, 1.54) is 0 Å². The summed E-state index contributed by atoms with van der Waals surface area (Å²) in [4.78, 5) is 0. The SMILES string of the molecule is CSC1SC=NS1. The zero-order valence-corrected chi connectivity index (χ0v) is 6.28. The molecule has 0 aromatic rings. The third kappa shape index (κ3) is 1.58. The maximum Gasteiger partial charge on any atom is 0.123 e. The molecular formula is C3H5NS3. The molecule has 4 heteroatoms. The third-order valence-corrected chi connectivity index (χ3v) is 4.26. The lowest BCUT2D eigenvalue weighted by molar-refractivity contribution is 1.97. The van der Waals surface area contributed by atoms with Gasteiger partial charge in [-0.1, -0.05) is 11.8 Å². The number of hydrogen-bond donors (Lipinski definition) is 0. The molecule has 0 bridgehead atoms. The fourth-order valence-electron chi connectivity index (χ4n) is 0.273. The Balaban J connectivity index is 2.22. The van der Waals surface area contributed by atoms with Gasteiger partial charge < -0.3 is 0 Å². The van der Waals surface area contributed by atoms with Gasteiger partial charge in [-0.3, -0.25) is 0 Å². The highest BCUT2D eigenvalue weighted by Gasteiger charge is 2.09. The normalized spacial score (nSPS) is 29.0. The van der Waals surface area contributed by atoms with E-state index in [2.05, 4.69) is 10.7 Å². The largest absolute Gasteiger partial charge is 0.216 e. The Morgan fingerprint density at radius 1 is 1.86 bits per heavy atom. The van der Waals surface area contributed by atoms with Gasteiger partial charge in [0, 0.05) is 11.9 Å². The monoisotopic (exact) mass is 151 g/mol. The molecule has 0 saturated heterocycles.